The highest BCUT2D eigenvalue weighted by atomic mass is 31.1. The van der Waals surface area contributed by atoms with Crippen molar-refractivity contribution in [3.05, 3.63) is 24.3 Å². The molecule has 0 fully saturated rings. The second kappa shape index (κ2) is 6.03. The van der Waals surface area contributed by atoms with Crippen LogP contribution < -0.4 is 10.2 Å². The summed E-state index contributed by atoms with van der Waals surface area (Å²) in [7, 11) is 5.19. The van der Waals surface area contributed by atoms with Crippen LogP contribution in [0.3, 0.4) is 0 Å². The topological polar surface area (TPSA) is 3.24 Å². The number of para-hydroxylation sites is 1. The van der Waals surface area contributed by atoms with Crippen molar-refractivity contribution in [3.8, 4) is 0 Å². The lowest BCUT2D eigenvalue weighted by Gasteiger charge is -2.17. The van der Waals surface area contributed by atoms with Gasteiger partial charge in [-0.1, -0.05) is 40.1 Å². The van der Waals surface area contributed by atoms with Crippen LogP contribution in [-0.2, 0) is 0 Å². The summed E-state index contributed by atoms with van der Waals surface area (Å²) < 4.78 is 0. The Morgan fingerprint density at radius 1 is 1.21 bits per heavy atom. The van der Waals surface area contributed by atoms with Gasteiger partial charge >= 0.3 is 0 Å². The van der Waals surface area contributed by atoms with Crippen LogP contribution in [0.2, 0.25) is 0 Å². The number of hydrogen-bond donors (Lipinski definition) is 0. The zero-order chi connectivity index (χ0) is 10.4. The maximum atomic E-state index is 2.25. The van der Waals surface area contributed by atoms with Gasteiger partial charge in [-0.3, -0.25) is 0 Å². The van der Waals surface area contributed by atoms with Crippen molar-refractivity contribution in [1.29, 1.82) is 0 Å². The normalized spacial score (nSPS) is 11.1. The molecule has 1 atom stereocenters. The molecular weight excluding hydrogens is 189 g/mol. The second-order valence-electron chi connectivity index (χ2n) is 3.69. The molecule has 0 aliphatic heterocycles. The fourth-order valence-corrected chi connectivity index (χ4v) is 2.91. The van der Waals surface area contributed by atoms with Crippen LogP contribution in [0.25, 0.3) is 0 Å². The first-order valence-electron chi connectivity index (χ1n) is 5.26. The van der Waals surface area contributed by atoms with Crippen molar-refractivity contribution in [3.63, 3.8) is 0 Å². The Morgan fingerprint density at radius 3 is 2.57 bits per heavy atom. The van der Waals surface area contributed by atoms with E-state index in [2.05, 4.69) is 50.2 Å². The summed E-state index contributed by atoms with van der Waals surface area (Å²) in [4.78, 5) is 2.20. The fourth-order valence-electron chi connectivity index (χ4n) is 1.41. The SMILES string of the molecule is CCCCPc1ccccc1N(C)C. The summed E-state index contributed by atoms with van der Waals surface area (Å²) in [5.41, 5.74) is 1.38. The number of unbranched alkanes of at least 4 members (excludes halogenated alkanes) is 1. The molecule has 0 bridgehead atoms. The average molecular weight is 209 g/mol. The van der Waals surface area contributed by atoms with Gasteiger partial charge in [0.1, 0.15) is 0 Å². The molecule has 0 saturated heterocycles. The van der Waals surface area contributed by atoms with Gasteiger partial charge < -0.3 is 4.90 Å². The molecule has 14 heavy (non-hydrogen) atoms. The van der Waals surface area contributed by atoms with Gasteiger partial charge in [0, 0.05) is 19.8 Å². The molecule has 0 amide bonds. The lowest BCUT2D eigenvalue weighted by atomic mass is 10.3. The highest BCUT2D eigenvalue weighted by Crippen LogP contribution is 2.20. The Labute approximate surface area is 89.3 Å². The van der Waals surface area contributed by atoms with E-state index in [0.717, 1.165) is 8.58 Å². The Hall–Kier alpha value is -0.550. The number of nitrogens with zero attached hydrogens (tertiary/aromatic N) is 1. The molecule has 0 N–H and O–H groups in total. The first kappa shape index (κ1) is 11.5. The van der Waals surface area contributed by atoms with Crippen LogP contribution in [0.5, 0.6) is 0 Å². The standard InChI is InChI=1S/C12H20NP/c1-4-5-10-14-12-9-7-6-8-11(12)13(2)3/h6-9,14H,4-5,10H2,1-3H3. The third-order valence-corrected chi connectivity index (χ3v) is 3.64. The van der Waals surface area contributed by atoms with Gasteiger partial charge in [0.2, 0.25) is 0 Å². The smallest absolute Gasteiger partial charge is 0.0436 e. The van der Waals surface area contributed by atoms with Crippen molar-refractivity contribution in [2.45, 2.75) is 19.8 Å². The summed E-state index contributed by atoms with van der Waals surface area (Å²) >= 11 is 0. The molecule has 0 aromatic heterocycles. The number of benzene rings is 1. The van der Waals surface area contributed by atoms with Gasteiger partial charge in [-0.25, -0.2) is 0 Å². The predicted molar refractivity (Wildman–Crippen MR) is 68.5 cm³/mol. The zero-order valence-electron chi connectivity index (χ0n) is 9.38. The monoisotopic (exact) mass is 209 g/mol. The Balaban J connectivity index is 2.64. The Kier molecular flexibility index (Phi) is 4.97. The van der Waals surface area contributed by atoms with Gasteiger partial charge in [0.25, 0.3) is 0 Å². The molecule has 1 aromatic carbocycles. The number of rotatable bonds is 5. The van der Waals surface area contributed by atoms with E-state index in [1.54, 1.807) is 0 Å². The summed E-state index contributed by atoms with van der Waals surface area (Å²) in [6, 6.07) is 8.71. The summed E-state index contributed by atoms with van der Waals surface area (Å²) in [5, 5.41) is 1.51. The summed E-state index contributed by atoms with van der Waals surface area (Å²) in [6.45, 7) is 2.25. The van der Waals surface area contributed by atoms with Gasteiger partial charge in [-0.05, 0) is 24.0 Å². The first-order valence-corrected chi connectivity index (χ1v) is 6.46. The maximum Gasteiger partial charge on any atom is 0.0436 e. The predicted octanol–water partition coefficient (Wildman–Crippen LogP) is 2.86. The van der Waals surface area contributed by atoms with Crippen LogP contribution in [0.4, 0.5) is 5.69 Å². The van der Waals surface area contributed by atoms with Gasteiger partial charge in [-0.2, -0.15) is 0 Å². The third-order valence-electron chi connectivity index (χ3n) is 2.23. The molecule has 0 radical (unpaired) electrons. The van der Waals surface area contributed by atoms with Crippen LogP contribution >= 0.6 is 8.58 Å². The van der Waals surface area contributed by atoms with Crippen LogP contribution in [-0.4, -0.2) is 20.3 Å². The molecule has 1 nitrogen and oxygen atoms in total. The number of anilines is 1. The maximum absolute atomic E-state index is 2.25. The Morgan fingerprint density at radius 2 is 1.93 bits per heavy atom. The molecular formula is C12H20NP. The molecule has 0 saturated carbocycles. The molecule has 0 aliphatic rings. The lowest BCUT2D eigenvalue weighted by Crippen LogP contribution is -2.16. The summed E-state index contributed by atoms with van der Waals surface area (Å²) in [5.74, 6) is 0. The van der Waals surface area contributed by atoms with E-state index in [0.29, 0.717) is 0 Å². The van der Waals surface area contributed by atoms with E-state index in [-0.39, 0.29) is 0 Å². The van der Waals surface area contributed by atoms with Gasteiger partial charge in [0.15, 0.2) is 0 Å². The molecule has 0 aliphatic carbocycles. The largest absolute Gasteiger partial charge is 0.377 e. The van der Waals surface area contributed by atoms with Gasteiger partial charge in [0.05, 0.1) is 0 Å². The molecule has 2 heteroatoms. The molecule has 0 heterocycles. The number of hydrogen-bond acceptors (Lipinski definition) is 1. The third kappa shape index (κ3) is 3.31. The summed E-state index contributed by atoms with van der Waals surface area (Å²) in [6.07, 6.45) is 3.98. The lowest BCUT2D eigenvalue weighted by molar-refractivity contribution is 0.895. The molecule has 78 valence electrons. The Bertz CT molecular complexity index is 271. The molecule has 1 aromatic rings. The minimum atomic E-state index is 0.961. The van der Waals surface area contributed by atoms with Crippen LogP contribution in [0.15, 0.2) is 24.3 Å². The second-order valence-corrected chi connectivity index (χ2v) is 5.08. The van der Waals surface area contributed by atoms with E-state index in [9.17, 15) is 0 Å². The van der Waals surface area contributed by atoms with Crippen LogP contribution in [0.1, 0.15) is 19.8 Å². The highest BCUT2D eigenvalue weighted by molar-refractivity contribution is 7.47. The first-order chi connectivity index (χ1) is 6.75. The quantitative estimate of drug-likeness (QED) is 0.532. The van der Waals surface area contributed by atoms with Crippen molar-refractivity contribution in [2.24, 2.45) is 0 Å². The van der Waals surface area contributed by atoms with Crippen molar-refractivity contribution in [2.75, 3.05) is 25.2 Å². The van der Waals surface area contributed by atoms with Crippen molar-refractivity contribution in [1.82, 2.24) is 0 Å². The van der Waals surface area contributed by atoms with E-state index in [1.807, 2.05) is 0 Å². The zero-order valence-corrected chi connectivity index (χ0v) is 10.4. The fraction of sp³-hybridized carbons (Fsp3) is 0.500. The van der Waals surface area contributed by atoms with Gasteiger partial charge in [-0.15, -0.1) is 0 Å². The molecule has 1 unspecified atom stereocenters. The van der Waals surface area contributed by atoms with E-state index >= 15 is 0 Å². The highest BCUT2D eigenvalue weighted by Gasteiger charge is 2.02. The molecule has 1 rings (SSSR count). The molecule has 0 spiro atoms. The minimum Gasteiger partial charge on any atom is -0.377 e. The van der Waals surface area contributed by atoms with E-state index in [1.165, 1.54) is 30.0 Å². The minimum absolute atomic E-state index is 0.961. The van der Waals surface area contributed by atoms with Crippen molar-refractivity contribution >= 4 is 19.6 Å². The average Bonchev–Trinajstić information content (AvgIpc) is 2.19. The van der Waals surface area contributed by atoms with E-state index < -0.39 is 0 Å². The van der Waals surface area contributed by atoms with E-state index in [4.69, 9.17) is 0 Å². The van der Waals surface area contributed by atoms with Crippen molar-refractivity contribution < 1.29 is 0 Å². The van der Waals surface area contributed by atoms with Crippen LogP contribution in [0, 0.1) is 0 Å².